The van der Waals surface area contributed by atoms with Crippen molar-refractivity contribution in [2.75, 3.05) is 59.3 Å². The van der Waals surface area contributed by atoms with E-state index in [4.69, 9.17) is 0 Å². The van der Waals surface area contributed by atoms with Crippen molar-refractivity contribution in [3.05, 3.63) is 0 Å². The van der Waals surface area contributed by atoms with Gasteiger partial charge in [-0.3, -0.25) is 29.1 Å². The Bertz CT molecular complexity index is 896. The van der Waals surface area contributed by atoms with Crippen LogP contribution < -0.4 is 16.0 Å². The minimum Gasteiger partial charge on any atom is -0.392 e. The number of aliphatic hydroxyl groups is 5. The van der Waals surface area contributed by atoms with Gasteiger partial charge < -0.3 is 41.5 Å². The Kier molecular flexibility index (Phi) is 27.5. The van der Waals surface area contributed by atoms with Crippen molar-refractivity contribution in [3.8, 4) is 0 Å². The molecule has 0 spiro atoms. The van der Waals surface area contributed by atoms with Crippen molar-refractivity contribution >= 4 is 17.7 Å². The molecular formula is C37H76N6O8. The highest BCUT2D eigenvalue weighted by Crippen LogP contribution is 2.25. The summed E-state index contributed by atoms with van der Waals surface area (Å²) in [5.74, 6) is -0.375. The van der Waals surface area contributed by atoms with E-state index in [0.29, 0.717) is 77.4 Å². The molecule has 14 nitrogen and oxygen atoms in total. The van der Waals surface area contributed by atoms with Gasteiger partial charge in [0.1, 0.15) is 0 Å². The third-order valence-corrected chi connectivity index (χ3v) is 9.45. The van der Waals surface area contributed by atoms with Gasteiger partial charge in [-0.2, -0.15) is 0 Å². The van der Waals surface area contributed by atoms with Crippen molar-refractivity contribution in [3.63, 3.8) is 0 Å². The predicted molar refractivity (Wildman–Crippen MR) is 201 cm³/mol. The maximum atomic E-state index is 13.3. The number of hydrogen-bond donors (Lipinski definition) is 8. The normalized spacial score (nSPS) is 16.7. The molecule has 51 heavy (non-hydrogen) atoms. The molecule has 0 fully saturated rings. The molecule has 0 rings (SSSR count). The molecule has 0 aromatic carbocycles. The molecule has 8 atom stereocenters. The van der Waals surface area contributed by atoms with Gasteiger partial charge in [0, 0.05) is 58.5 Å². The van der Waals surface area contributed by atoms with Crippen LogP contribution in [0.15, 0.2) is 0 Å². The van der Waals surface area contributed by atoms with Crippen molar-refractivity contribution in [1.82, 2.24) is 30.7 Å². The fourth-order valence-corrected chi connectivity index (χ4v) is 5.80. The van der Waals surface area contributed by atoms with Crippen LogP contribution in [0.5, 0.6) is 0 Å². The second-order valence-electron chi connectivity index (χ2n) is 14.8. The van der Waals surface area contributed by atoms with Gasteiger partial charge in [0.2, 0.25) is 17.7 Å². The molecule has 0 radical (unpaired) electrons. The van der Waals surface area contributed by atoms with E-state index >= 15 is 0 Å². The van der Waals surface area contributed by atoms with Gasteiger partial charge >= 0.3 is 0 Å². The first-order chi connectivity index (χ1) is 24.0. The Hall–Kier alpha value is -1.91. The maximum absolute atomic E-state index is 13.3. The molecule has 0 aliphatic rings. The quantitative estimate of drug-likeness (QED) is 0.0480. The molecule has 0 aromatic rings. The first-order valence-corrected chi connectivity index (χ1v) is 19.4. The van der Waals surface area contributed by atoms with Crippen LogP contribution in [0, 0.1) is 17.8 Å². The highest BCUT2D eigenvalue weighted by atomic mass is 16.3. The van der Waals surface area contributed by atoms with Gasteiger partial charge in [0.05, 0.1) is 50.5 Å². The van der Waals surface area contributed by atoms with Gasteiger partial charge in [0.25, 0.3) is 0 Å². The number of nitrogens with zero attached hydrogens (tertiary/aromatic N) is 3. The summed E-state index contributed by atoms with van der Waals surface area (Å²) in [5, 5.41) is 59.0. The lowest BCUT2D eigenvalue weighted by Gasteiger charge is -2.28. The fraction of sp³-hybridized carbons (Fsp3) is 0.919. The van der Waals surface area contributed by atoms with Gasteiger partial charge in [-0.25, -0.2) is 0 Å². The molecule has 8 N–H and O–H groups in total. The van der Waals surface area contributed by atoms with Crippen molar-refractivity contribution in [2.24, 2.45) is 17.8 Å². The first-order valence-electron chi connectivity index (χ1n) is 19.4. The van der Waals surface area contributed by atoms with E-state index in [-0.39, 0.29) is 62.2 Å². The number of carbonyl (C=O) groups is 3. The molecule has 0 aromatic heterocycles. The lowest BCUT2D eigenvalue weighted by atomic mass is 9.83. The van der Waals surface area contributed by atoms with Crippen LogP contribution in [-0.4, -0.2) is 148 Å². The predicted octanol–water partition coefficient (Wildman–Crippen LogP) is 1.44. The Balaban J connectivity index is 5.52. The van der Waals surface area contributed by atoms with Crippen LogP contribution in [0.3, 0.4) is 0 Å². The summed E-state index contributed by atoms with van der Waals surface area (Å²) in [7, 11) is 0. The molecule has 0 saturated heterocycles. The number of nitrogens with one attached hydrogen (secondary N) is 3. The van der Waals surface area contributed by atoms with E-state index in [1.165, 1.54) is 0 Å². The standard InChI is InChI=1S/C37H76N6O8/c1-9-27(5)18-41(21-32(46)10-2)24-38-35(49)15-13-28(6)31(14-16-36(50)39-25-42(19-29(7)44)20-30(8)45)17-37(51)40-26-43(22-33(47)11-3)23-34(48)12-4/h27-34,44-48H,9-26H2,1-8H3,(H,38,49)(H,39,50)(H,40,51)/t27?,28-,29?,30?,31+,32?,33?,34?/m0/s1. The number of carbonyl (C=O) groups excluding carboxylic acids is 3. The molecule has 0 aliphatic carbocycles. The van der Waals surface area contributed by atoms with Gasteiger partial charge in [-0.05, 0) is 63.7 Å². The Morgan fingerprint density at radius 2 is 0.882 bits per heavy atom. The third kappa shape index (κ3) is 25.7. The zero-order valence-electron chi connectivity index (χ0n) is 33.1. The van der Waals surface area contributed by atoms with E-state index in [1.807, 2.05) is 32.6 Å². The van der Waals surface area contributed by atoms with Gasteiger partial charge in [-0.1, -0.05) is 48.0 Å². The van der Waals surface area contributed by atoms with Crippen molar-refractivity contribution in [1.29, 1.82) is 0 Å². The summed E-state index contributed by atoms with van der Waals surface area (Å²) in [6.45, 7) is 18.4. The molecule has 0 aliphatic heterocycles. The summed E-state index contributed by atoms with van der Waals surface area (Å²) in [6, 6.07) is 0. The van der Waals surface area contributed by atoms with E-state index in [1.54, 1.807) is 18.7 Å². The monoisotopic (exact) mass is 733 g/mol. The summed E-state index contributed by atoms with van der Waals surface area (Å²) >= 11 is 0. The number of amides is 3. The average molecular weight is 733 g/mol. The molecule has 0 bridgehead atoms. The molecule has 3 amide bonds. The number of aliphatic hydroxyl groups excluding tert-OH is 5. The summed E-state index contributed by atoms with van der Waals surface area (Å²) in [5.41, 5.74) is 0. The zero-order valence-corrected chi connectivity index (χ0v) is 33.1. The summed E-state index contributed by atoms with van der Waals surface area (Å²) in [4.78, 5) is 44.8. The Morgan fingerprint density at radius 1 is 0.510 bits per heavy atom. The minimum absolute atomic E-state index is 0.0608. The molecular weight excluding hydrogens is 656 g/mol. The van der Waals surface area contributed by atoms with Crippen molar-refractivity contribution < 1.29 is 39.9 Å². The van der Waals surface area contributed by atoms with E-state index < -0.39 is 30.5 Å². The van der Waals surface area contributed by atoms with Crippen LogP contribution in [-0.2, 0) is 14.4 Å². The van der Waals surface area contributed by atoms with Crippen LogP contribution >= 0.6 is 0 Å². The summed E-state index contributed by atoms with van der Waals surface area (Å²) < 4.78 is 0. The highest BCUT2D eigenvalue weighted by Gasteiger charge is 2.24. The molecule has 0 saturated carbocycles. The Morgan fingerprint density at radius 3 is 1.27 bits per heavy atom. The summed E-state index contributed by atoms with van der Waals surface area (Å²) in [6.07, 6.45) is 1.34. The Labute approximate surface area is 308 Å². The minimum atomic E-state index is -0.626. The molecule has 0 heterocycles. The van der Waals surface area contributed by atoms with Crippen LogP contribution in [0.25, 0.3) is 0 Å². The zero-order chi connectivity index (χ0) is 38.9. The van der Waals surface area contributed by atoms with Crippen LogP contribution in [0.2, 0.25) is 0 Å². The SMILES string of the molecule is CCC(C)CN(CNC(=O)CC[C@H](C)[C@H](CCC(=O)NCN(CC(C)O)CC(C)O)CC(=O)NCN(CC(O)CC)CC(O)CC)CC(O)CC. The van der Waals surface area contributed by atoms with Crippen LogP contribution in [0.1, 0.15) is 113 Å². The van der Waals surface area contributed by atoms with E-state index in [0.717, 1.165) is 13.0 Å². The van der Waals surface area contributed by atoms with Crippen LogP contribution in [0.4, 0.5) is 0 Å². The lowest BCUT2D eigenvalue weighted by Crippen LogP contribution is -2.45. The van der Waals surface area contributed by atoms with Crippen molar-refractivity contribution in [2.45, 2.75) is 144 Å². The molecule has 302 valence electrons. The smallest absolute Gasteiger partial charge is 0.221 e. The van der Waals surface area contributed by atoms with Gasteiger partial charge in [0.15, 0.2) is 0 Å². The maximum Gasteiger partial charge on any atom is 0.221 e. The number of rotatable bonds is 31. The molecule has 6 unspecified atom stereocenters. The number of hydrogen-bond acceptors (Lipinski definition) is 11. The lowest BCUT2D eigenvalue weighted by molar-refractivity contribution is -0.125. The second-order valence-corrected chi connectivity index (χ2v) is 14.8. The topological polar surface area (TPSA) is 198 Å². The fourth-order valence-electron chi connectivity index (χ4n) is 5.80. The van der Waals surface area contributed by atoms with E-state index in [9.17, 15) is 39.9 Å². The second kappa shape index (κ2) is 28.6. The molecule has 14 heteroatoms. The largest absolute Gasteiger partial charge is 0.392 e. The average Bonchev–Trinajstić information content (AvgIpc) is 3.08. The van der Waals surface area contributed by atoms with E-state index in [2.05, 4.69) is 34.7 Å². The first kappa shape index (κ1) is 49.1. The van der Waals surface area contributed by atoms with Gasteiger partial charge in [-0.15, -0.1) is 0 Å². The third-order valence-electron chi connectivity index (χ3n) is 9.45. The highest BCUT2D eigenvalue weighted by molar-refractivity contribution is 5.77.